The molecule has 6 nitrogen and oxygen atoms in total. The molecular weight excluding hydrogens is 398 g/mol. The number of rotatable bonds is 7. The molecule has 5 aromatic rings. The zero-order chi connectivity index (χ0) is 22.1. The van der Waals surface area contributed by atoms with E-state index >= 15 is 0 Å². The molecule has 162 valence electrons. The molecule has 0 amide bonds. The number of aromatic nitrogens is 5. The summed E-state index contributed by atoms with van der Waals surface area (Å²) in [6.45, 7) is 4.93. The van der Waals surface area contributed by atoms with E-state index in [0.717, 1.165) is 29.6 Å². The first-order valence-corrected chi connectivity index (χ1v) is 11.4. The van der Waals surface area contributed by atoms with Gasteiger partial charge < -0.3 is 0 Å². The lowest BCUT2D eigenvalue weighted by Crippen LogP contribution is -2.20. The Morgan fingerprint density at radius 1 is 0.844 bits per heavy atom. The fourth-order valence-electron chi connectivity index (χ4n) is 4.26. The number of unbranched alkanes of at least 4 members (excludes halogenated alkanes) is 4. The molecule has 5 rings (SSSR count). The first-order chi connectivity index (χ1) is 15.7. The summed E-state index contributed by atoms with van der Waals surface area (Å²) in [5, 5.41) is 0.537. The quantitative estimate of drug-likeness (QED) is 0.320. The summed E-state index contributed by atoms with van der Waals surface area (Å²) in [5.74, 6) is 0. The summed E-state index contributed by atoms with van der Waals surface area (Å²) in [4.78, 5) is 28.0. The first kappa shape index (κ1) is 20.4. The predicted molar refractivity (Wildman–Crippen MR) is 129 cm³/mol. The summed E-state index contributed by atoms with van der Waals surface area (Å²) in [6.07, 6.45) is 7.41. The van der Waals surface area contributed by atoms with Crippen LogP contribution in [0.3, 0.4) is 0 Å². The van der Waals surface area contributed by atoms with Crippen LogP contribution in [0.5, 0.6) is 0 Å². The summed E-state index contributed by atoms with van der Waals surface area (Å²) in [6, 6.07) is 15.9. The van der Waals surface area contributed by atoms with E-state index in [1.54, 1.807) is 10.9 Å². The van der Waals surface area contributed by atoms with Gasteiger partial charge in [-0.05, 0) is 37.6 Å². The van der Waals surface area contributed by atoms with Gasteiger partial charge in [-0.2, -0.15) is 0 Å². The fraction of sp³-hybridized carbons (Fsp3) is 0.308. The molecule has 0 fully saturated rings. The van der Waals surface area contributed by atoms with Crippen LogP contribution >= 0.6 is 0 Å². The molecule has 3 heterocycles. The number of fused-ring (bicyclic) bond motifs is 4. The summed E-state index contributed by atoms with van der Waals surface area (Å²) in [7, 11) is 0. The van der Waals surface area contributed by atoms with Gasteiger partial charge in [-0.1, -0.05) is 62.4 Å². The van der Waals surface area contributed by atoms with Crippen molar-refractivity contribution in [3.8, 4) is 5.69 Å². The molecule has 0 saturated carbocycles. The summed E-state index contributed by atoms with van der Waals surface area (Å²) < 4.78 is 3.68. The Morgan fingerprint density at radius 3 is 2.31 bits per heavy atom. The van der Waals surface area contributed by atoms with Gasteiger partial charge in [-0.3, -0.25) is 13.9 Å². The van der Waals surface area contributed by atoms with E-state index in [-0.39, 0.29) is 5.56 Å². The molecule has 0 bridgehead atoms. The van der Waals surface area contributed by atoms with E-state index in [2.05, 4.69) is 26.0 Å². The summed E-state index contributed by atoms with van der Waals surface area (Å²) in [5.41, 5.74) is 5.49. The Bertz CT molecular complexity index is 1460. The number of para-hydroxylation sites is 2. The number of benzene rings is 2. The first-order valence-electron chi connectivity index (χ1n) is 11.4. The topological polar surface area (TPSA) is 65.6 Å². The van der Waals surface area contributed by atoms with Crippen molar-refractivity contribution >= 4 is 33.2 Å². The summed E-state index contributed by atoms with van der Waals surface area (Å²) >= 11 is 0. The van der Waals surface area contributed by atoms with Crippen LogP contribution < -0.4 is 5.56 Å². The average Bonchev–Trinajstić information content (AvgIpc) is 3.13. The number of aryl methyl sites for hydroxylation is 2. The van der Waals surface area contributed by atoms with Crippen molar-refractivity contribution in [2.45, 2.75) is 52.5 Å². The minimum atomic E-state index is -0.0501. The SMILES string of the molecule is CCCCCCCn1cnc2c(c1=O)c1nc3ccccc3nc1n2-c1ccc(C)cc1. The Hall–Kier alpha value is -3.54. The second-order valence-electron chi connectivity index (χ2n) is 8.41. The van der Waals surface area contributed by atoms with Crippen LogP contribution in [0.2, 0.25) is 0 Å². The van der Waals surface area contributed by atoms with Crippen molar-refractivity contribution in [2.75, 3.05) is 0 Å². The Labute approximate surface area is 186 Å². The van der Waals surface area contributed by atoms with E-state index < -0.39 is 0 Å². The molecule has 0 atom stereocenters. The molecule has 0 spiro atoms. The highest BCUT2D eigenvalue weighted by molar-refractivity contribution is 6.05. The van der Waals surface area contributed by atoms with Gasteiger partial charge in [0.1, 0.15) is 10.9 Å². The van der Waals surface area contributed by atoms with E-state index in [0.29, 0.717) is 28.7 Å². The maximum Gasteiger partial charge on any atom is 0.265 e. The third-order valence-electron chi connectivity index (χ3n) is 6.03. The van der Waals surface area contributed by atoms with Crippen LogP contribution in [0.4, 0.5) is 0 Å². The highest BCUT2D eigenvalue weighted by Crippen LogP contribution is 2.28. The van der Waals surface area contributed by atoms with Gasteiger partial charge in [-0.15, -0.1) is 0 Å². The maximum absolute atomic E-state index is 13.5. The largest absolute Gasteiger partial charge is 0.299 e. The highest BCUT2D eigenvalue weighted by atomic mass is 16.1. The minimum absolute atomic E-state index is 0.0501. The number of nitrogens with zero attached hydrogens (tertiary/aromatic N) is 5. The Morgan fingerprint density at radius 2 is 1.56 bits per heavy atom. The van der Waals surface area contributed by atoms with Gasteiger partial charge >= 0.3 is 0 Å². The Kier molecular flexibility index (Phi) is 5.43. The van der Waals surface area contributed by atoms with Crippen molar-refractivity contribution in [2.24, 2.45) is 0 Å². The molecule has 0 aliphatic heterocycles. The van der Waals surface area contributed by atoms with Crippen molar-refractivity contribution in [3.05, 3.63) is 70.8 Å². The smallest absolute Gasteiger partial charge is 0.265 e. The molecule has 0 saturated heterocycles. The van der Waals surface area contributed by atoms with E-state index in [9.17, 15) is 4.79 Å². The van der Waals surface area contributed by atoms with Crippen LogP contribution in [0, 0.1) is 6.92 Å². The van der Waals surface area contributed by atoms with E-state index in [4.69, 9.17) is 15.0 Å². The van der Waals surface area contributed by atoms with Gasteiger partial charge in [0.15, 0.2) is 11.3 Å². The monoisotopic (exact) mass is 425 g/mol. The van der Waals surface area contributed by atoms with Crippen LogP contribution in [-0.2, 0) is 6.54 Å². The lowest BCUT2D eigenvalue weighted by Gasteiger charge is -2.08. The van der Waals surface area contributed by atoms with Crippen LogP contribution in [0.15, 0.2) is 59.7 Å². The third kappa shape index (κ3) is 3.55. The Balaban J connectivity index is 1.72. The second kappa shape index (κ2) is 8.54. The third-order valence-corrected chi connectivity index (χ3v) is 6.03. The number of hydrogen-bond donors (Lipinski definition) is 0. The van der Waals surface area contributed by atoms with Gasteiger partial charge in [0, 0.05) is 12.2 Å². The minimum Gasteiger partial charge on any atom is -0.299 e. The zero-order valence-electron chi connectivity index (χ0n) is 18.6. The van der Waals surface area contributed by atoms with Crippen molar-refractivity contribution < 1.29 is 0 Å². The van der Waals surface area contributed by atoms with Crippen LogP contribution in [-0.4, -0.2) is 24.1 Å². The number of hydrogen-bond acceptors (Lipinski definition) is 4. The van der Waals surface area contributed by atoms with Crippen LogP contribution in [0.1, 0.15) is 44.6 Å². The van der Waals surface area contributed by atoms with Gasteiger partial charge in [0.05, 0.1) is 17.4 Å². The average molecular weight is 426 g/mol. The van der Waals surface area contributed by atoms with Crippen molar-refractivity contribution in [1.29, 1.82) is 0 Å². The molecular formula is C26H27N5O. The molecule has 0 N–H and O–H groups in total. The molecule has 0 aliphatic carbocycles. The normalized spacial score (nSPS) is 11.7. The van der Waals surface area contributed by atoms with Crippen LogP contribution in [0.25, 0.3) is 38.9 Å². The lowest BCUT2D eigenvalue weighted by atomic mass is 10.1. The standard InChI is InChI=1S/C26H27N5O/c1-3-4-5-6-9-16-30-17-27-24-22(26(30)32)23-25(29-21-11-8-7-10-20(21)28-23)31(24)19-14-12-18(2)13-15-19/h7-8,10-15,17H,3-6,9,16H2,1-2H3. The van der Waals surface area contributed by atoms with Gasteiger partial charge in [-0.25, -0.2) is 15.0 Å². The van der Waals surface area contributed by atoms with Gasteiger partial charge in [0.2, 0.25) is 0 Å². The molecule has 2 aromatic carbocycles. The second-order valence-corrected chi connectivity index (χ2v) is 8.41. The molecule has 0 unspecified atom stereocenters. The molecule has 0 radical (unpaired) electrons. The van der Waals surface area contributed by atoms with Crippen molar-refractivity contribution in [1.82, 2.24) is 24.1 Å². The van der Waals surface area contributed by atoms with E-state index in [1.165, 1.54) is 24.8 Å². The van der Waals surface area contributed by atoms with Gasteiger partial charge in [0.25, 0.3) is 5.56 Å². The molecule has 6 heteroatoms. The maximum atomic E-state index is 13.5. The van der Waals surface area contributed by atoms with E-state index in [1.807, 2.05) is 41.0 Å². The lowest BCUT2D eigenvalue weighted by molar-refractivity contribution is 0.556. The zero-order valence-corrected chi connectivity index (χ0v) is 18.6. The molecule has 3 aromatic heterocycles. The fourth-order valence-corrected chi connectivity index (χ4v) is 4.26. The highest BCUT2D eigenvalue weighted by Gasteiger charge is 2.20. The predicted octanol–water partition coefficient (Wildman–Crippen LogP) is 5.56. The molecule has 32 heavy (non-hydrogen) atoms. The van der Waals surface area contributed by atoms with Crippen molar-refractivity contribution in [3.63, 3.8) is 0 Å². The molecule has 0 aliphatic rings.